The largest absolute Gasteiger partial charge is 0.321 e. The summed E-state index contributed by atoms with van der Waals surface area (Å²) in [4.78, 5) is 16.3. The Bertz CT molecular complexity index is 1120. The minimum Gasteiger partial charge on any atom is -0.321 e. The molecule has 0 unspecified atom stereocenters. The third-order valence-electron chi connectivity index (χ3n) is 3.69. The Morgan fingerprint density at radius 3 is 2.64 bits per heavy atom. The Morgan fingerprint density at radius 2 is 1.92 bits per heavy atom. The van der Waals surface area contributed by atoms with E-state index in [0.717, 1.165) is 31.4 Å². The molecule has 4 rings (SSSR count). The number of aryl methyl sites for hydroxylation is 1. The zero-order valence-electron chi connectivity index (χ0n) is 13.1. The number of nitrogens with one attached hydrogen (secondary N) is 1. The fraction of sp³-hybridized carbons (Fsp3) is 0.0556. The molecule has 0 amide bonds. The number of fused-ring (bicyclic) bond motifs is 1. The van der Waals surface area contributed by atoms with Gasteiger partial charge in [-0.15, -0.1) is 10.2 Å². The molecule has 124 valence electrons. The fourth-order valence-corrected chi connectivity index (χ4v) is 4.74. The van der Waals surface area contributed by atoms with Crippen molar-refractivity contribution in [1.82, 2.24) is 15.2 Å². The first-order valence-corrected chi connectivity index (χ1v) is 9.52. The highest BCUT2D eigenvalue weighted by molar-refractivity contribution is 8.01. The van der Waals surface area contributed by atoms with Crippen molar-refractivity contribution in [3.63, 3.8) is 0 Å². The van der Waals surface area contributed by atoms with Crippen LogP contribution in [0.15, 0.2) is 62.6 Å². The number of aromatic nitrogens is 3. The van der Waals surface area contributed by atoms with Crippen molar-refractivity contribution in [1.29, 1.82) is 0 Å². The maximum atomic E-state index is 12.8. The summed E-state index contributed by atoms with van der Waals surface area (Å²) in [6.07, 6.45) is 0. The summed E-state index contributed by atoms with van der Waals surface area (Å²) in [6, 6.07) is 15.3. The highest BCUT2D eigenvalue weighted by Crippen LogP contribution is 2.39. The number of benzene rings is 2. The van der Waals surface area contributed by atoms with Crippen LogP contribution in [-0.2, 0) is 0 Å². The Labute approximate surface area is 156 Å². The maximum Gasteiger partial charge on any atom is 0.263 e. The standard InChI is InChI=1S/C18H12ClN3OS2/c1-10-21-22-18(24-10)25-16-15(11-5-3-2-4-6-11)13-9-12(19)7-8-14(13)20-17(16)23/h2-9H,1H3,(H,20,23). The topological polar surface area (TPSA) is 58.6 Å². The van der Waals surface area contributed by atoms with Crippen LogP contribution in [0.3, 0.4) is 0 Å². The van der Waals surface area contributed by atoms with Gasteiger partial charge in [-0.1, -0.05) is 65.0 Å². The van der Waals surface area contributed by atoms with Crippen LogP contribution in [0.25, 0.3) is 22.0 Å². The van der Waals surface area contributed by atoms with Crippen molar-refractivity contribution >= 4 is 45.6 Å². The molecule has 0 spiro atoms. The second-order valence-corrected chi connectivity index (χ2v) is 8.28. The van der Waals surface area contributed by atoms with Crippen molar-refractivity contribution in [2.24, 2.45) is 0 Å². The van der Waals surface area contributed by atoms with E-state index in [2.05, 4.69) is 15.2 Å². The van der Waals surface area contributed by atoms with Gasteiger partial charge in [-0.25, -0.2) is 0 Å². The van der Waals surface area contributed by atoms with E-state index in [1.165, 1.54) is 23.1 Å². The number of aromatic amines is 1. The van der Waals surface area contributed by atoms with Gasteiger partial charge in [-0.2, -0.15) is 0 Å². The molecule has 0 radical (unpaired) electrons. The second kappa shape index (κ2) is 6.63. The number of pyridine rings is 1. The molecule has 7 heteroatoms. The molecule has 0 bridgehead atoms. The molecule has 0 saturated heterocycles. The van der Waals surface area contributed by atoms with Gasteiger partial charge in [0.25, 0.3) is 5.56 Å². The summed E-state index contributed by atoms with van der Waals surface area (Å²) >= 11 is 9.02. The van der Waals surface area contributed by atoms with Crippen molar-refractivity contribution in [2.75, 3.05) is 0 Å². The summed E-state index contributed by atoms with van der Waals surface area (Å²) in [5.74, 6) is 0. The van der Waals surface area contributed by atoms with Gasteiger partial charge in [0.15, 0.2) is 4.34 Å². The SMILES string of the molecule is Cc1nnc(Sc2c(-c3ccccc3)c3cc(Cl)ccc3[nH]c2=O)s1. The molecule has 0 saturated carbocycles. The molecular formula is C18H12ClN3OS2. The quantitative estimate of drug-likeness (QED) is 0.529. The van der Waals surface area contributed by atoms with Crippen LogP contribution in [0.2, 0.25) is 5.02 Å². The lowest BCUT2D eigenvalue weighted by Gasteiger charge is -2.12. The molecule has 0 aliphatic rings. The van der Waals surface area contributed by atoms with E-state index in [4.69, 9.17) is 11.6 Å². The third kappa shape index (κ3) is 3.20. The zero-order chi connectivity index (χ0) is 17.4. The Kier molecular flexibility index (Phi) is 4.33. The van der Waals surface area contributed by atoms with E-state index in [1.54, 1.807) is 6.07 Å². The predicted molar refractivity (Wildman–Crippen MR) is 104 cm³/mol. The molecule has 0 aliphatic carbocycles. The lowest BCUT2D eigenvalue weighted by molar-refractivity contribution is 0.983. The summed E-state index contributed by atoms with van der Waals surface area (Å²) < 4.78 is 0.738. The first kappa shape index (κ1) is 16.3. The van der Waals surface area contributed by atoms with Gasteiger partial charge in [-0.3, -0.25) is 4.79 Å². The summed E-state index contributed by atoms with van der Waals surface area (Å²) in [5, 5.41) is 10.6. The maximum absolute atomic E-state index is 12.8. The van der Waals surface area contributed by atoms with E-state index in [0.29, 0.717) is 9.92 Å². The van der Waals surface area contributed by atoms with E-state index in [1.807, 2.05) is 49.4 Å². The van der Waals surface area contributed by atoms with Crippen LogP contribution < -0.4 is 5.56 Å². The van der Waals surface area contributed by atoms with E-state index < -0.39 is 0 Å². The minimum absolute atomic E-state index is 0.147. The van der Waals surface area contributed by atoms with Gasteiger partial charge in [-0.05, 0) is 30.7 Å². The van der Waals surface area contributed by atoms with Crippen molar-refractivity contribution in [3.05, 3.63) is 68.9 Å². The normalized spacial score (nSPS) is 11.1. The lowest BCUT2D eigenvalue weighted by Crippen LogP contribution is -2.10. The molecule has 25 heavy (non-hydrogen) atoms. The number of halogens is 1. The number of H-pyrrole nitrogens is 1. The van der Waals surface area contributed by atoms with Gasteiger partial charge in [0.05, 0.1) is 4.90 Å². The number of nitrogens with zero attached hydrogens (tertiary/aromatic N) is 2. The van der Waals surface area contributed by atoms with Crippen LogP contribution in [0, 0.1) is 6.92 Å². The van der Waals surface area contributed by atoms with Crippen molar-refractivity contribution in [3.8, 4) is 11.1 Å². The van der Waals surface area contributed by atoms with Gasteiger partial charge < -0.3 is 4.98 Å². The molecule has 1 N–H and O–H groups in total. The highest BCUT2D eigenvalue weighted by atomic mass is 35.5. The van der Waals surface area contributed by atoms with Crippen LogP contribution in [0.5, 0.6) is 0 Å². The first-order valence-electron chi connectivity index (χ1n) is 7.51. The van der Waals surface area contributed by atoms with Crippen LogP contribution in [0.1, 0.15) is 5.01 Å². The molecule has 0 aliphatic heterocycles. The van der Waals surface area contributed by atoms with Crippen LogP contribution in [-0.4, -0.2) is 15.2 Å². The molecular weight excluding hydrogens is 374 g/mol. The molecule has 4 nitrogen and oxygen atoms in total. The van der Waals surface area contributed by atoms with Crippen LogP contribution in [0.4, 0.5) is 0 Å². The average molecular weight is 386 g/mol. The van der Waals surface area contributed by atoms with Gasteiger partial charge >= 0.3 is 0 Å². The molecule has 2 aromatic heterocycles. The number of rotatable bonds is 3. The Hall–Kier alpha value is -2.15. The van der Waals surface area contributed by atoms with Gasteiger partial charge in [0, 0.05) is 21.5 Å². The molecule has 2 aromatic carbocycles. The zero-order valence-corrected chi connectivity index (χ0v) is 15.5. The summed E-state index contributed by atoms with van der Waals surface area (Å²) in [7, 11) is 0. The molecule has 4 aromatic rings. The lowest BCUT2D eigenvalue weighted by atomic mass is 10.0. The first-order chi connectivity index (χ1) is 12.1. The average Bonchev–Trinajstić information content (AvgIpc) is 3.02. The van der Waals surface area contributed by atoms with Crippen LogP contribution >= 0.6 is 34.7 Å². The summed E-state index contributed by atoms with van der Waals surface area (Å²) in [6.45, 7) is 1.89. The predicted octanol–water partition coefficient (Wildman–Crippen LogP) is 5.16. The molecule has 0 fully saturated rings. The van der Waals surface area contributed by atoms with Crippen molar-refractivity contribution < 1.29 is 0 Å². The Morgan fingerprint density at radius 1 is 1.12 bits per heavy atom. The fourth-order valence-electron chi connectivity index (χ4n) is 2.64. The third-order valence-corrected chi connectivity index (χ3v) is 5.91. The minimum atomic E-state index is -0.147. The summed E-state index contributed by atoms with van der Waals surface area (Å²) in [5.41, 5.74) is 2.43. The molecule has 2 heterocycles. The number of hydrogen-bond acceptors (Lipinski definition) is 5. The monoisotopic (exact) mass is 385 g/mol. The second-order valence-electron chi connectivity index (χ2n) is 5.40. The van der Waals surface area contributed by atoms with Gasteiger partial charge in [0.2, 0.25) is 0 Å². The van der Waals surface area contributed by atoms with Gasteiger partial charge in [0.1, 0.15) is 5.01 Å². The highest BCUT2D eigenvalue weighted by Gasteiger charge is 2.17. The van der Waals surface area contributed by atoms with E-state index in [-0.39, 0.29) is 5.56 Å². The van der Waals surface area contributed by atoms with E-state index >= 15 is 0 Å². The molecule has 0 atom stereocenters. The van der Waals surface area contributed by atoms with E-state index in [9.17, 15) is 4.79 Å². The number of hydrogen-bond donors (Lipinski definition) is 1. The Balaban J connectivity index is 2.03. The van der Waals surface area contributed by atoms with Crippen molar-refractivity contribution in [2.45, 2.75) is 16.2 Å². The smallest absolute Gasteiger partial charge is 0.263 e.